The van der Waals surface area contributed by atoms with E-state index < -0.39 is 0 Å². The molecule has 0 atom stereocenters. The molecule has 0 aromatic heterocycles. The Labute approximate surface area is 68.4 Å². The van der Waals surface area contributed by atoms with E-state index >= 15 is 0 Å². The number of nitrogens with one attached hydrogen (secondary N) is 1. The second-order valence-corrected chi connectivity index (χ2v) is 2.69. The summed E-state index contributed by atoms with van der Waals surface area (Å²) in [4.78, 5) is 0. The van der Waals surface area contributed by atoms with E-state index in [-0.39, 0.29) is 7.43 Å². The molecular formula is C10H15N. The minimum absolute atomic E-state index is 0. The minimum Gasteiger partial charge on any atom is -0.385 e. The number of benzene rings is 1. The van der Waals surface area contributed by atoms with Gasteiger partial charge in [-0.3, -0.25) is 0 Å². The van der Waals surface area contributed by atoms with E-state index in [2.05, 4.69) is 29.6 Å². The van der Waals surface area contributed by atoms with Crippen LogP contribution in [0.1, 0.15) is 19.4 Å². The molecule has 0 unspecified atom stereocenters. The maximum absolute atomic E-state index is 3.36. The fraction of sp³-hybridized carbons (Fsp3) is 0.400. The molecule has 1 heteroatoms. The van der Waals surface area contributed by atoms with Gasteiger partial charge in [-0.2, -0.15) is 0 Å². The Morgan fingerprint density at radius 1 is 1.18 bits per heavy atom. The molecule has 0 fully saturated rings. The molecule has 1 aliphatic heterocycles. The number of para-hydroxylation sites is 1. The lowest BCUT2D eigenvalue weighted by molar-refractivity contribution is 0.830. The predicted octanol–water partition coefficient (Wildman–Crippen LogP) is 2.68. The van der Waals surface area contributed by atoms with Gasteiger partial charge in [-0.05, 0) is 24.5 Å². The van der Waals surface area contributed by atoms with Gasteiger partial charge in [-0.1, -0.05) is 25.6 Å². The van der Waals surface area contributed by atoms with Crippen LogP contribution < -0.4 is 5.32 Å². The van der Waals surface area contributed by atoms with Crippen molar-refractivity contribution in [1.82, 2.24) is 0 Å². The molecule has 1 nitrogen and oxygen atoms in total. The van der Waals surface area contributed by atoms with Gasteiger partial charge in [0.05, 0.1) is 0 Å². The maximum atomic E-state index is 3.36. The third-order valence-corrected chi connectivity index (χ3v) is 1.96. The van der Waals surface area contributed by atoms with Crippen molar-refractivity contribution >= 4 is 5.69 Å². The van der Waals surface area contributed by atoms with Crippen LogP contribution in [0, 0.1) is 0 Å². The van der Waals surface area contributed by atoms with E-state index in [1.807, 2.05) is 0 Å². The van der Waals surface area contributed by atoms with Crippen molar-refractivity contribution in [3.05, 3.63) is 29.8 Å². The maximum Gasteiger partial charge on any atom is 0.0372 e. The topological polar surface area (TPSA) is 12.0 Å². The molecule has 1 aromatic rings. The Kier molecular flexibility index (Phi) is 2.53. The van der Waals surface area contributed by atoms with E-state index in [9.17, 15) is 0 Å². The molecule has 0 saturated carbocycles. The van der Waals surface area contributed by atoms with Crippen LogP contribution in [0.4, 0.5) is 5.69 Å². The zero-order valence-electron chi connectivity index (χ0n) is 5.93. The Balaban J connectivity index is 0.000000605. The number of aryl methyl sites for hydroxylation is 1. The predicted molar refractivity (Wildman–Crippen MR) is 50.0 cm³/mol. The van der Waals surface area contributed by atoms with Gasteiger partial charge in [-0.25, -0.2) is 0 Å². The number of hydrogen-bond donors (Lipinski definition) is 1. The van der Waals surface area contributed by atoms with Gasteiger partial charge in [0.2, 0.25) is 0 Å². The lowest BCUT2D eigenvalue weighted by atomic mass is 10.0. The molecule has 60 valence electrons. The van der Waals surface area contributed by atoms with E-state index in [1.165, 1.54) is 24.1 Å². The fourth-order valence-electron chi connectivity index (χ4n) is 1.41. The first-order valence-electron chi connectivity index (χ1n) is 3.78. The normalized spacial score (nSPS) is 14.2. The van der Waals surface area contributed by atoms with E-state index in [0.717, 1.165) is 6.54 Å². The van der Waals surface area contributed by atoms with Gasteiger partial charge in [0.1, 0.15) is 0 Å². The van der Waals surface area contributed by atoms with Crippen LogP contribution in [-0.2, 0) is 6.42 Å². The third-order valence-electron chi connectivity index (χ3n) is 1.96. The Morgan fingerprint density at radius 2 is 2.00 bits per heavy atom. The van der Waals surface area contributed by atoms with Crippen LogP contribution in [0.15, 0.2) is 24.3 Å². The largest absolute Gasteiger partial charge is 0.385 e. The summed E-state index contributed by atoms with van der Waals surface area (Å²) in [6, 6.07) is 8.53. The highest BCUT2D eigenvalue weighted by molar-refractivity contribution is 5.52. The van der Waals surface area contributed by atoms with Crippen molar-refractivity contribution < 1.29 is 0 Å². The highest BCUT2D eigenvalue weighted by Gasteiger charge is 2.04. The summed E-state index contributed by atoms with van der Waals surface area (Å²) in [5.74, 6) is 0. The first kappa shape index (κ1) is 8.12. The van der Waals surface area contributed by atoms with Crippen LogP contribution >= 0.6 is 0 Å². The zero-order chi connectivity index (χ0) is 6.81. The molecule has 0 aliphatic carbocycles. The summed E-state index contributed by atoms with van der Waals surface area (Å²) in [6.07, 6.45) is 2.51. The molecule has 0 bridgehead atoms. The monoisotopic (exact) mass is 149 g/mol. The van der Waals surface area contributed by atoms with Crippen molar-refractivity contribution in [3.63, 3.8) is 0 Å². The summed E-state index contributed by atoms with van der Waals surface area (Å²) in [5, 5.41) is 3.36. The summed E-state index contributed by atoms with van der Waals surface area (Å²) in [6.45, 7) is 1.14. The highest BCUT2D eigenvalue weighted by atomic mass is 14.9. The summed E-state index contributed by atoms with van der Waals surface area (Å²) in [5.41, 5.74) is 2.79. The van der Waals surface area contributed by atoms with Gasteiger partial charge in [0.15, 0.2) is 0 Å². The quantitative estimate of drug-likeness (QED) is 0.598. The standard InChI is InChI=1S/C9H11N.CH4/c1-2-6-9-8(4-1)5-3-7-10-9;/h1-2,4,6,10H,3,5,7H2;1H4. The molecule has 0 saturated heterocycles. The first-order valence-corrected chi connectivity index (χ1v) is 3.78. The molecule has 11 heavy (non-hydrogen) atoms. The van der Waals surface area contributed by atoms with Gasteiger partial charge in [0.25, 0.3) is 0 Å². The summed E-state index contributed by atoms with van der Waals surface area (Å²) >= 11 is 0. The van der Waals surface area contributed by atoms with Crippen molar-refractivity contribution in [1.29, 1.82) is 0 Å². The fourth-order valence-corrected chi connectivity index (χ4v) is 1.41. The molecule has 2 rings (SSSR count). The second-order valence-electron chi connectivity index (χ2n) is 2.69. The van der Waals surface area contributed by atoms with Gasteiger partial charge >= 0.3 is 0 Å². The molecule has 1 aliphatic rings. The average Bonchev–Trinajstić information content (AvgIpc) is 2.05. The van der Waals surface area contributed by atoms with E-state index in [0.29, 0.717) is 0 Å². The van der Waals surface area contributed by atoms with Crippen molar-refractivity contribution in [3.8, 4) is 0 Å². The van der Waals surface area contributed by atoms with Crippen molar-refractivity contribution in [2.45, 2.75) is 20.3 Å². The molecule has 1 aromatic carbocycles. The number of fused-ring (bicyclic) bond motifs is 1. The van der Waals surface area contributed by atoms with Crippen LogP contribution in [0.25, 0.3) is 0 Å². The Morgan fingerprint density at radius 3 is 2.82 bits per heavy atom. The number of rotatable bonds is 0. The molecule has 0 amide bonds. The summed E-state index contributed by atoms with van der Waals surface area (Å²) < 4.78 is 0. The van der Waals surface area contributed by atoms with Crippen LogP contribution in [0.2, 0.25) is 0 Å². The van der Waals surface area contributed by atoms with Gasteiger partial charge in [-0.15, -0.1) is 0 Å². The SMILES string of the molecule is C.c1ccc2c(c1)CCCN2. The van der Waals surface area contributed by atoms with Crippen molar-refractivity contribution in [2.24, 2.45) is 0 Å². The average molecular weight is 149 g/mol. The number of hydrogen-bond acceptors (Lipinski definition) is 1. The zero-order valence-corrected chi connectivity index (χ0v) is 5.93. The highest BCUT2D eigenvalue weighted by Crippen LogP contribution is 2.19. The van der Waals surface area contributed by atoms with Crippen LogP contribution in [-0.4, -0.2) is 6.54 Å². The van der Waals surface area contributed by atoms with E-state index in [4.69, 9.17) is 0 Å². The van der Waals surface area contributed by atoms with Gasteiger partial charge in [0, 0.05) is 12.2 Å². The second kappa shape index (κ2) is 3.42. The first-order chi connectivity index (χ1) is 4.97. The van der Waals surface area contributed by atoms with E-state index in [1.54, 1.807) is 0 Å². The minimum atomic E-state index is 0. The lowest BCUT2D eigenvalue weighted by Gasteiger charge is -2.16. The number of anilines is 1. The molecule has 1 heterocycles. The Hall–Kier alpha value is -0.980. The molecule has 1 N–H and O–H groups in total. The third kappa shape index (κ3) is 1.53. The molecule has 0 radical (unpaired) electrons. The summed E-state index contributed by atoms with van der Waals surface area (Å²) in [7, 11) is 0. The lowest BCUT2D eigenvalue weighted by Crippen LogP contribution is -2.10. The van der Waals surface area contributed by atoms with Crippen molar-refractivity contribution in [2.75, 3.05) is 11.9 Å². The Bertz CT molecular complexity index is 205. The van der Waals surface area contributed by atoms with Gasteiger partial charge < -0.3 is 5.32 Å². The van der Waals surface area contributed by atoms with Crippen LogP contribution in [0.5, 0.6) is 0 Å². The molecular weight excluding hydrogens is 134 g/mol. The smallest absolute Gasteiger partial charge is 0.0372 e. The van der Waals surface area contributed by atoms with Crippen LogP contribution in [0.3, 0.4) is 0 Å². The molecule has 0 spiro atoms.